The fourth-order valence-electron chi connectivity index (χ4n) is 14.3. The van der Waals surface area contributed by atoms with Gasteiger partial charge in [-0.05, 0) is 340 Å². The Bertz CT molecular complexity index is 5140. The minimum Gasteiger partial charge on any atom is -0.498 e. The van der Waals surface area contributed by atoms with E-state index in [0.717, 1.165) is 22.3 Å². The van der Waals surface area contributed by atoms with E-state index in [9.17, 15) is 10.4 Å². The zero-order valence-electron chi connectivity index (χ0n) is 81.3. The first-order chi connectivity index (χ1) is 56.4. The summed E-state index contributed by atoms with van der Waals surface area (Å²) < 4.78 is 0. The molecule has 0 unspecified atom stereocenters. The van der Waals surface area contributed by atoms with Crippen LogP contribution >= 0.6 is 0 Å². The molecule has 0 heterocycles. The molecule has 12 aromatic carbocycles. The molecule has 0 saturated heterocycles. The van der Waals surface area contributed by atoms with Crippen LogP contribution in [0.25, 0.3) is 77.3 Å². The average molecular weight is 1610 g/mol. The van der Waals surface area contributed by atoms with E-state index in [4.69, 9.17) is 0 Å². The molecule has 0 aliphatic heterocycles. The maximum absolute atomic E-state index is 10.3. The van der Waals surface area contributed by atoms with Crippen LogP contribution in [0.15, 0.2) is 146 Å². The number of rotatable bonds is 0. The smallest absolute Gasteiger partial charge is 0.337 e. The molecule has 0 atom stereocenters. The minimum atomic E-state index is 0.682. The number of hydrogen-bond donors (Lipinski definition) is 0. The second-order valence-corrected chi connectivity index (χ2v) is 31.3. The van der Waals surface area contributed by atoms with E-state index in [2.05, 4.69) is 402 Å². The number of nitrogens with zero attached hydrogens (tertiary/aromatic N) is 7. The van der Waals surface area contributed by atoms with Gasteiger partial charge in [-0.1, -0.05) is 248 Å². The van der Waals surface area contributed by atoms with Gasteiger partial charge in [0.2, 0.25) is 0 Å². The van der Waals surface area contributed by atoms with Crippen LogP contribution in [0.3, 0.4) is 0 Å². The number of hydrogen-bond acceptors (Lipinski definition) is 2. The Kier molecular flexibility index (Phi) is 50.4. The molecule has 0 fully saturated rings. The van der Waals surface area contributed by atoms with Crippen molar-refractivity contribution in [3.05, 3.63) is 368 Å². The summed E-state index contributed by atoms with van der Waals surface area (Å²) in [5.41, 5.74) is 40.4. The third-order valence-corrected chi connectivity index (χ3v) is 19.9. The highest BCUT2D eigenvalue weighted by Crippen LogP contribution is 2.31. The van der Waals surface area contributed by atoms with Gasteiger partial charge in [0.1, 0.15) is 11.1 Å². The summed E-state index contributed by atoms with van der Waals surface area (Å²) in [4.78, 5) is 17.4. The summed E-state index contributed by atoms with van der Waals surface area (Å²) in [6.07, 6.45) is 0. The van der Waals surface area contributed by atoms with Gasteiger partial charge in [-0.15, -0.1) is 0 Å². The first kappa shape index (κ1) is 108. The molecule has 12 aromatic rings. The summed E-state index contributed by atoms with van der Waals surface area (Å²) in [6.45, 7) is 72.4. The molecular formula is C111H144N7O2+5. The van der Waals surface area contributed by atoms with E-state index < -0.39 is 0 Å². The fourth-order valence-corrected chi connectivity index (χ4v) is 14.3. The van der Waals surface area contributed by atoms with Gasteiger partial charge in [0.05, 0.1) is 34.6 Å². The topological polar surface area (TPSA) is 76.6 Å². The standard InChI is InChI=1S/4C14H16.C12H12N2O2.C10H14.2C9H12.5C3H6N/c2*1-9-5-11(3)14-8-10(2)6-12(4)13(14)7-9;2*1-9-5-11(3)14-12(4)6-10(2)8-13(14)7-9;1-7-8(2)12(6-14-16)10(4)9(3)11(7)5-13-15;1-7-5-9(3)10(4)6-8(7)2;2*1-7-4-8(2)6-9(3)5-7;5*1-3-4-2/h4*5-8H,1-4H3;1-4H3;5-6H,1-4H3;2*4-6H,1-3H3;5*1-2H3/q;;;;;;;;5*+1. The predicted molar refractivity (Wildman–Crippen MR) is 537 cm³/mol. The van der Waals surface area contributed by atoms with Crippen molar-refractivity contribution in [1.29, 1.82) is 0 Å². The summed E-state index contributed by atoms with van der Waals surface area (Å²) >= 11 is 0. The van der Waals surface area contributed by atoms with E-state index in [-0.39, 0.29) is 0 Å². The molecule has 0 bridgehead atoms. The van der Waals surface area contributed by atoms with Crippen LogP contribution in [0.2, 0.25) is 0 Å². The Morgan fingerprint density at radius 1 is 0.183 bits per heavy atom. The molecule has 0 saturated carbocycles. The number of aryl methyl sites for hydroxylation is 26. The molecule has 0 radical (unpaired) electrons. The van der Waals surface area contributed by atoms with Crippen LogP contribution in [0.4, 0.5) is 0 Å². The van der Waals surface area contributed by atoms with Crippen LogP contribution in [0, 0.1) is 261 Å². The molecule has 0 spiro atoms. The van der Waals surface area contributed by atoms with E-state index in [0.29, 0.717) is 11.1 Å². The van der Waals surface area contributed by atoms with E-state index in [1.165, 1.54) is 188 Å². The van der Waals surface area contributed by atoms with Crippen molar-refractivity contribution in [3.63, 3.8) is 0 Å². The highest BCUT2D eigenvalue weighted by Gasteiger charge is 2.18. The van der Waals surface area contributed by atoms with Crippen LogP contribution in [0.1, 0.15) is 213 Å². The second-order valence-electron chi connectivity index (χ2n) is 31.3. The molecule has 0 aromatic heterocycles. The van der Waals surface area contributed by atoms with Gasteiger partial charge < -0.3 is 10.4 Å². The largest absolute Gasteiger partial charge is 0.498 e. The Hall–Kier alpha value is -12.3. The van der Waals surface area contributed by atoms with Crippen molar-refractivity contribution < 1.29 is 0 Å². The van der Waals surface area contributed by atoms with E-state index >= 15 is 0 Å². The first-order valence-electron chi connectivity index (χ1n) is 41.0. The third-order valence-electron chi connectivity index (χ3n) is 19.9. The van der Waals surface area contributed by atoms with Crippen molar-refractivity contribution >= 4 is 43.1 Å². The quantitative estimate of drug-likeness (QED) is 0.142. The van der Waals surface area contributed by atoms with Crippen molar-refractivity contribution in [1.82, 2.24) is 0 Å². The summed E-state index contributed by atoms with van der Waals surface area (Å²) in [7, 11) is 8.47. The van der Waals surface area contributed by atoms with Gasteiger partial charge in [0.15, 0.2) is 0 Å². The summed E-state index contributed by atoms with van der Waals surface area (Å²) in [5, 5.41) is 37.1. The minimum absolute atomic E-state index is 0.682. The lowest BCUT2D eigenvalue weighted by Crippen LogP contribution is -2.00. The molecule has 630 valence electrons. The van der Waals surface area contributed by atoms with Gasteiger partial charge in [-0.25, -0.2) is 0 Å². The van der Waals surface area contributed by atoms with Crippen molar-refractivity contribution in [2.24, 2.45) is 0 Å². The fraction of sp³-hybridized carbons (Fsp3) is 0.360. The highest BCUT2D eigenvalue weighted by molar-refractivity contribution is 5.92. The molecule has 0 N–H and O–H groups in total. The molecule has 12 rings (SSSR count). The normalized spacial score (nSPS) is 9.10. The average Bonchev–Trinajstić information content (AvgIpc) is 0.809. The van der Waals surface area contributed by atoms with Crippen LogP contribution < -0.4 is 0 Å². The van der Waals surface area contributed by atoms with Gasteiger partial charge in [-0.2, -0.15) is 0 Å². The van der Waals surface area contributed by atoms with Gasteiger partial charge >= 0.3 is 12.1 Å². The van der Waals surface area contributed by atoms with Crippen LogP contribution in [0.5, 0.6) is 0 Å². The van der Waals surface area contributed by atoms with Crippen molar-refractivity contribution in [3.8, 4) is 42.5 Å². The highest BCUT2D eigenvalue weighted by atomic mass is 16.4. The van der Waals surface area contributed by atoms with Crippen LogP contribution in [-0.2, 0) is 0 Å². The molecule has 0 aliphatic carbocycles. The predicted octanol–water partition coefficient (Wildman–Crippen LogP) is 32.6. The van der Waals surface area contributed by atoms with Gasteiger partial charge in [0.25, 0.3) is 65.6 Å². The maximum atomic E-state index is 10.3. The first-order valence-corrected chi connectivity index (χ1v) is 41.0. The summed E-state index contributed by atoms with van der Waals surface area (Å²) in [5.74, 6) is 0. The Balaban J connectivity index is 0.00000131. The zero-order chi connectivity index (χ0) is 92.0. The molecule has 120 heavy (non-hydrogen) atoms. The van der Waals surface area contributed by atoms with Crippen LogP contribution in [-0.4, -0.2) is 35.2 Å². The number of benzene rings is 12. The Labute approximate surface area is 726 Å². The molecule has 0 amide bonds. The SMILES string of the molecule is CC#[N+]C.CC#[N+]C.CC#[N+]C.CC#[N+]C.CC#[N+]C.Cc1c(C)c(C#[N+][O-])c(C)c(C)c1C#[N+][O-].Cc1cc(C)c(C)cc1C.Cc1cc(C)c2c(C)cc(C)cc2c1.Cc1cc(C)c2c(C)cc(C)cc2c1.Cc1cc(C)c2cc(C)cc(C)c2c1.Cc1cc(C)c2cc(C)cc(C)c2c1.Cc1cc(C)cc(C)c1.Cc1cc(C)cc(C)c1. The lowest BCUT2D eigenvalue weighted by molar-refractivity contribution is 1.20. The Morgan fingerprint density at radius 3 is 0.475 bits per heavy atom. The van der Waals surface area contributed by atoms with E-state index in [1.807, 2.05) is 27.7 Å². The van der Waals surface area contributed by atoms with E-state index in [1.54, 1.807) is 69.9 Å². The second kappa shape index (κ2) is 56.2. The number of fused-ring (bicyclic) bond motifs is 4. The zero-order valence-corrected chi connectivity index (χ0v) is 81.3. The molecular weight excluding hydrogens is 1460 g/mol. The lowest BCUT2D eigenvalue weighted by Gasteiger charge is -2.09. The van der Waals surface area contributed by atoms with Crippen molar-refractivity contribution in [2.45, 2.75) is 242 Å². The lowest BCUT2D eigenvalue weighted by atomic mass is 9.90. The maximum Gasteiger partial charge on any atom is 0.337 e. The molecule has 9 heteroatoms. The molecule has 9 nitrogen and oxygen atoms in total. The van der Waals surface area contributed by atoms with Crippen molar-refractivity contribution in [2.75, 3.05) is 35.2 Å². The van der Waals surface area contributed by atoms with Gasteiger partial charge in [0, 0.05) is 10.0 Å². The van der Waals surface area contributed by atoms with Gasteiger partial charge in [-0.3, -0.25) is 0 Å². The molecule has 0 aliphatic rings. The Morgan fingerprint density at radius 2 is 0.325 bits per heavy atom. The third kappa shape index (κ3) is 38.0. The monoisotopic (exact) mass is 1610 g/mol. The summed E-state index contributed by atoms with van der Waals surface area (Å²) in [6, 6.07) is 71.4.